The van der Waals surface area contributed by atoms with Crippen molar-refractivity contribution in [3.05, 3.63) is 0 Å². The molecule has 1 unspecified atom stereocenters. The van der Waals surface area contributed by atoms with E-state index in [1.807, 2.05) is 0 Å². The number of unbranched alkanes of at least 4 members (excludes halogenated alkanes) is 2. The second kappa shape index (κ2) is 17.2. The molecule has 17 heavy (non-hydrogen) atoms. The number of hydrogen-bond donors (Lipinski definition) is 3. The van der Waals surface area contributed by atoms with E-state index in [1.165, 1.54) is 0 Å². The van der Waals surface area contributed by atoms with E-state index in [0.29, 0.717) is 19.7 Å². The molecule has 0 saturated heterocycles. The van der Waals surface area contributed by atoms with Crippen LogP contribution < -0.4 is 16.5 Å². The first-order valence-electron chi connectivity index (χ1n) is 5.78. The summed E-state index contributed by atoms with van der Waals surface area (Å²) in [6.07, 6.45) is 3.14. The van der Waals surface area contributed by atoms with Gasteiger partial charge in [0.05, 0.1) is 6.61 Å². The molecule has 0 aromatic rings. The van der Waals surface area contributed by atoms with Crippen LogP contribution in [0.3, 0.4) is 0 Å². The van der Waals surface area contributed by atoms with Crippen molar-refractivity contribution in [2.75, 3.05) is 32.8 Å². The Morgan fingerprint density at radius 2 is 2.00 bits per heavy atom. The fourth-order valence-corrected chi connectivity index (χ4v) is 1.60. The standard InChI is InChI=1S/C9H24N3O3P.La/c1-2-3-4-9-14-16(13)15-12-8-7-11-6-5-10;/h11-12,16H,2-10H2,1H3;. The van der Waals surface area contributed by atoms with Gasteiger partial charge in [0.15, 0.2) is 0 Å². The van der Waals surface area contributed by atoms with Crippen molar-refractivity contribution in [1.82, 2.24) is 10.8 Å². The third kappa shape index (κ3) is 17.2. The monoisotopic (exact) mass is 392 g/mol. The summed E-state index contributed by atoms with van der Waals surface area (Å²) in [7, 11) is -2.38. The fourth-order valence-electron chi connectivity index (χ4n) is 1.01. The van der Waals surface area contributed by atoms with Crippen LogP contribution in [0.1, 0.15) is 26.2 Å². The topological polar surface area (TPSA) is 85.6 Å². The van der Waals surface area contributed by atoms with Crippen molar-refractivity contribution in [1.29, 1.82) is 0 Å². The van der Waals surface area contributed by atoms with Crippen LogP contribution in [0, 0.1) is 35.6 Å². The van der Waals surface area contributed by atoms with Crippen LogP contribution in [0.15, 0.2) is 0 Å². The van der Waals surface area contributed by atoms with E-state index in [9.17, 15) is 4.57 Å². The first-order chi connectivity index (χ1) is 7.81. The van der Waals surface area contributed by atoms with Gasteiger partial charge in [-0.05, 0) is 6.42 Å². The molecule has 0 aromatic carbocycles. The van der Waals surface area contributed by atoms with E-state index >= 15 is 0 Å². The van der Waals surface area contributed by atoms with E-state index in [-0.39, 0.29) is 35.6 Å². The Bertz CT molecular complexity index is 178. The molecule has 0 heterocycles. The van der Waals surface area contributed by atoms with E-state index in [1.54, 1.807) is 0 Å². The molecule has 4 N–H and O–H groups in total. The van der Waals surface area contributed by atoms with Crippen LogP contribution in [0.25, 0.3) is 0 Å². The molecule has 0 spiro atoms. The molecule has 8 heteroatoms. The molecule has 0 aliphatic rings. The van der Waals surface area contributed by atoms with E-state index < -0.39 is 8.25 Å². The molecule has 0 aliphatic heterocycles. The number of nitrogens with one attached hydrogen (secondary N) is 2. The molecule has 0 aromatic heterocycles. The summed E-state index contributed by atoms with van der Waals surface area (Å²) in [5.74, 6) is 0. The predicted molar refractivity (Wildman–Crippen MR) is 65.5 cm³/mol. The van der Waals surface area contributed by atoms with Gasteiger partial charge >= 0.3 is 8.25 Å². The first-order valence-corrected chi connectivity index (χ1v) is 7.01. The summed E-state index contributed by atoms with van der Waals surface area (Å²) >= 11 is 0. The Labute approximate surface area is 132 Å². The predicted octanol–water partition coefficient (Wildman–Crippen LogP) is 0.652. The quantitative estimate of drug-likeness (QED) is 0.257. The second-order valence-electron chi connectivity index (χ2n) is 3.34. The summed E-state index contributed by atoms with van der Waals surface area (Å²) < 4.78 is 20.9. The maximum Gasteiger partial charge on any atom is 0.335 e. The van der Waals surface area contributed by atoms with Crippen molar-refractivity contribution in [2.24, 2.45) is 5.73 Å². The molecule has 0 amide bonds. The Kier molecular flexibility index (Phi) is 20.8. The smallest absolute Gasteiger partial charge is 0.329 e. The molecule has 1 atom stereocenters. The normalized spacial score (nSPS) is 12.1. The number of rotatable bonds is 12. The number of nitrogens with two attached hydrogens (primary N) is 1. The van der Waals surface area contributed by atoms with Gasteiger partial charge in [0.2, 0.25) is 0 Å². The van der Waals surface area contributed by atoms with Gasteiger partial charge in [-0.3, -0.25) is 4.57 Å². The third-order valence-electron chi connectivity index (χ3n) is 1.85. The van der Waals surface area contributed by atoms with Gasteiger partial charge in [0, 0.05) is 61.8 Å². The van der Waals surface area contributed by atoms with Gasteiger partial charge in [0.1, 0.15) is 0 Å². The van der Waals surface area contributed by atoms with Crippen molar-refractivity contribution < 1.29 is 49.3 Å². The van der Waals surface area contributed by atoms with Gasteiger partial charge < -0.3 is 15.6 Å². The third-order valence-corrected chi connectivity index (χ3v) is 2.60. The zero-order valence-corrected chi connectivity index (χ0v) is 15.2. The molecule has 0 rings (SSSR count). The largest absolute Gasteiger partial charge is 0.335 e. The fraction of sp³-hybridized carbons (Fsp3) is 1.00. The Morgan fingerprint density at radius 1 is 1.24 bits per heavy atom. The zero-order chi connectivity index (χ0) is 12.1. The van der Waals surface area contributed by atoms with Crippen molar-refractivity contribution in [3.8, 4) is 0 Å². The molecule has 6 nitrogen and oxygen atoms in total. The Morgan fingerprint density at radius 3 is 2.65 bits per heavy atom. The Balaban J connectivity index is 0. The van der Waals surface area contributed by atoms with Crippen molar-refractivity contribution in [2.45, 2.75) is 26.2 Å². The summed E-state index contributed by atoms with van der Waals surface area (Å²) in [5.41, 5.74) is 7.88. The van der Waals surface area contributed by atoms with E-state index in [2.05, 4.69) is 17.7 Å². The minimum Gasteiger partial charge on any atom is -0.329 e. The van der Waals surface area contributed by atoms with Gasteiger partial charge in [-0.2, -0.15) is 5.48 Å². The summed E-state index contributed by atoms with van der Waals surface area (Å²) in [6.45, 7) is 5.29. The van der Waals surface area contributed by atoms with Crippen LogP contribution in [-0.4, -0.2) is 32.8 Å². The summed E-state index contributed by atoms with van der Waals surface area (Å²) in [4.78, 5) is 0. The molecule has 0 bridgehead atoms. The maximum absolute atomic E-state index is 11.1. The van der Waals surface area contributed by atoms with Gasteiger partial charge in [0.25, 0.3) is 0 Å². The second-order valence-corrected chi connectivity index (χ2v) is 4.33. The molecular formula is C9H24LaN3O3P. The minimum absolute atomic E-state index is 0. The van der Waals surface area contributed by atoms with Crippen LogP contribution in [0.5, 0.6) is 0 Å². The summed E-state index contributed by atoms with van der Waals surface area (Å²) in [6, 6.07) is 0. The SMILES string of the molecule is CCCCCO[PH](=O)ONCCNCCN.[La]. The average molecular weight is 392 g/mol. The minimum atomic E-state index is -2.38. The van der Waals surface area contributed by atoms with Crippen LogP contribution >= 0.6 is 8.25 Å². The number of hydrogen-bond acceptors (Lipinski definition) is 6. The summed E-state index contributed by atoms with van der Waals surface area (Å²) in [5, 5.41) is 3.07. The molecule has 0 saturated carbocycles. The van der Waals surface area contributed by atoms with Crippen LogP contribution in [0.4, 0.5) is 0 Å². The van der Waals surface area contributed by atoms with Gasteiger partial charge in [-0.25, -0.2) is 4.62 Å². The van der Waals surface area contributed by atoms with Crippen LogP contribution in [-0.2, 0) is 13.7 Å². The molecule has 0 aliphatic carbocycles. The molecule has 1 radical (unpaired) electrons. The van der Waals surface area contributed by atoms with Gasteiger partial charge in [-0.1, -0.05) is 19.8 Å². The van der Waals surface area contributed by atoms with Crippen molar-refractivity contribution >= 4 is 8.25 Å². The van der Waals surface area contributed by atoms with Crippen LogP contribution in [0.2, 0.25) is 0 Å². The molecule has 0 fully saturated rings. The van der Waals surface area contributed by atoms with E-state index in [0.717, 1.165) is 32.4 Å². The number of hydroxylamine groups is 1. The Hall–Kier alpha value is 1.22. The van der Waals surface area contributed by atoms with Gasteiger partial charge in [-0.15, -0.1) is 0 Å². The van der Waals surface area contributed by atoms with E-state index in [4.69, 9.17) is 14.9 Å². The average Bonchev–Trinajstić information content (AvgIpc) is 2.29. The maximum atomic E-state index is 11.1. The van der Waals surface area contributed by atoms with Crippen molar-refractivity contribution in [3.63, 3.8) is 0 Å². The molecular weight excluding hydrogens is 368 g/mol. The molecule has 101 valence electrons. The first kappa shape index (κ1) is 20.5. The zero-order valence-electron chi connectivity index (χ0n) is 10.5.